The predicted octanol–water partition coefficient (Wildman–Crippen LogP) is 6.45. The first-order valence-electron chi connectivity index (χ1n) is 10.1. The van der Waals surface area contributed by atoms with Crippen LogP contribution in [-0.2, 0) is 4.79 Å². The topological polar surface area (TPSA) is 72.2 Å². The van der Waals surface area contributed by atoms with Gasteiger partial charge in [0.15, 0.2) is 11.0 Å². The normalized spacial score (nSPS) is 11.2. The summed E-state index contributed by atoms with van der Waals surface area (Å²) in [5.74, 6) is 0.452. The summed E-state index contributed by atoms with van der Waals surface area (Å²) in [6.07, 6.45) is 1.47. The van der Waals surface area contributed by atoms with Crippen LogP contribution in [0.3, 0.4) is 0 Å². The van der Waals surface area contributed by atoms with E-state index in [9.17, 15) is 4.79 Å². The van der Waals surface area contributed by atoms with Crippen LogP contribution in [0.2, 0.25) is 15.1 Å². The highest BCUT2D eigenvalue weighted by Crippen LogP contribution is 2.29. The van der Waals surface area contributed by atoms with Crippen LogP contribution in [0.1, 0.15) is 11.1 Å². The molecule has 1 heterocycles. The number of carbonyl (C=O) groups excluding carboxylic acids is 1. The number of aromatic nitrogens is 3. The minimum absolute atomic E-state index is 0.0936. The van der Waals surface area contributed by atoms with Crippen molar-refractivity contribution in [3.8, 4) is 17.1 Å². The Hall–Kier alpha value is -2.84. The molecule has 1 amide bonds. The molecule has 0 saturated heterocycles. The fourth-order valence-corrected chi connectivity index (χ4v) is 4.35. The second-order valence-corrected chi connectivity index (χ2v) is 9.45. The second-order valence-electron chi connectivity index (χ2n) is 7.23. The van der Waals surface area contributed by atoms with E-state index in [1.807, 2.05) is 47.9 Å². The maximum absolute atomic E-state index is 12.4. The molecule has 0 radical (unpaired) electrons. The van der Waals surface area contributed by atoms with Gasteiger partial charge in [0.05, 0.1) is 17.0 Å². The van der Waals surface area contributed by atoms with Gasteiger partial charge >= 0.3 is 0 Å². The lowest BCUT2D eigenvalue weighted by Crippen LogP contribution is -2.20. The molecule has 10 heteroatoms. The Bertz CT molecular complexity index is 1340. The molecule has 3 aromatic carbocycles. The zero-order valence-corrected chi connectivity index (χ0v) is 21.0. The van der Waals surface area contributed by atoms with Gasteiger partial charge in [0, 0.05) is 26.9 Å². The van der Waals surface area contributed by atoms with E-state index in [1.54, 1.807) is 30.3 Å². The summed E-state index contributed by atoms with van der Waals surface area (Å²) in [6, 6.07) is 20.4. The van der Waals surface area contributed by atoms with Gasteiger partial charge in [-0.3, -0.25) is 9.36 Å². The van der Waals surface area contributed by atoms with Crippen molar-refractivity contribution in [1.29, 1.82) is 0 Å². The Kier molecular flexibility index (Phi) is 7.90. The van der Waals surface area contributed by atoms with Crippen LogP contribution >= 0.6 is 46.6 Å². The molecule has 0 atom stereocenters. The van der Waals surface area contributed by atoms with Crippen molar-refractivity contribution in [1.82, 2.24) is 20.2 Å². The molecule has 1 aromatic heterocycles. The molecule has 0 unspecified atom stereocenters. The quantitative estimate of drug-likeness (QED) is 0.169. The van der Waals surface area contributed by atoms with E-state index in [4.69, 9.17) is 34.8 Å². The third-order valence-corrected chi connectivity index (χ3v) is 6.46. The minimum Gasteiger partial charge on any atom is -0.272 e. The number of carbonyl (C=O) groups is 1. The van der Waals surface area contributed by atoms with E-state index in [0.29, 0.717) is 31.6 Å². The van der Waals surface area contributed by atoms with E-state index in [2.05, 4.69) is 20.7 Å². The third-order valence-electron chi connectivity index (χ3n) is 4.72. The molecule has 34 heavy (non-hydrogen) atoms. The van der Waals surface area contributed by atoms with E-state index in [-0.39, 0.29) is 11.7 Å². The highest BCUT2D eigenvalue weighted by atomic mass is 35.5. The van der Waals surface area contributed by atoms with Gasteiger partial charge in [0.1, 0.15) is 0 Å². The molecule has 172 valence electrons. The maximum atomic E-state index is 12.4. The number of hydrogen-bond donors (Lipinski definition) is 1. The number of aryl methyl sites for hydroxylation is 1. The van der Waals surface area contributed by atoms with Gasteiger partial charge in [-0.15, -0.1) is 10.2 Å². The van der Waals surface area contributed by atoms with Crippen LogP contribution in [0.4, 0.5) is 0 Å². The number of hydrogen-bond acceptors (Lipinski definition) is 5. The summed E-state index contributed by atoms with van der Waals surface area (Å²) in [5.41, 5.74) is 6.03. The van der Waals surface area contributed by atoms with Crippen molar-refractivity contribution in [2.45, 2.75) is 12.1 Å². The lowest BCUT2D eigenvalue weighted by molar-refractivity contribution is -0.118. The summed E-state index contributed by atoms with van der Waals surface area (Å²) in [7, 11) is 0. The minimum atomic E-state index is -0.294. The molecule has 0 spiro atoms. The molecule has 1 N–H and O–H groups in total. The number of halogens is 3. The van der Waals surface area contributed by atoms with Crippen LogP contribution in [0.5, 0.6) is 0 Å². The number of hydrazone groups is 1. The molecule has 6 nitrogen and oxygen atoms in total. The molecule has 0 aliphatic heterocycles. The van der Waals surface area contributed by atoms with Crippen molar-refractivity contribution in [2.24, 2.45) is 5.10 Å². The van der Waals surface area contributed by atoms with Crippen LogP contribution in [0, 0.1) is 6.92 Å². The molecular weight excluding hydrogens is 513 g/mol. The fourth-order valence-electron chi connectivity index (χ4n) is 3.02. The number of thioether (sulfide) groups is 1. The van der Waals surface area contributed by atoms with E-state index in [0.717, 1.165) is 16.8 Å². The summed E-state index contributed by atoms with van der Waals surface area (Å²) in [4.78, 5) is 12.4. The van der Waals surface area contributed by atoms with Gasteiger partial charge in [-0.2, -0.15) is 5.10 Å². The Morgan fingerprint density at radius 2 is 1.71 bits per heavy atom. The summed E-state index contributed by atoms with van der Waals surface area (Å²) < 4.78 is 1.91. The highest BCUT2D eigenvalue weighted by Gasteiger charge is 2.17. The Morgan fingerprint density at radius 1 is 1.00 bits per heavy atom. The lowest BCUT2D eigenvalue weighted by Gasteiger charge is -2.10. The first kappa shape index (κ1) is 24.3. The number of amides is 1. The standard InChI is InChI=1S/C24H18Cl3N5OS/c1-15-2-10-20(11-3-15)32-23(16-4-7-18(25)8-5-16)30-31-24(32)34-14-22(33)29-28-13-17-6-9-19(26)12-21(17)27/h2-13H,14H2,1H3,(H,29,33)/b28-13+. The van der Waals surface area contributed by atoms with Crippen LogP contribution in [0.25, 0.3) is 17.1 Å². The fraction of sp³-hybridized carbons (Fsp3) is 0.0833. The third kappa shape index (κ3) is 5.98. The van der Waals surface area contributed by atoms with Crippen LogP contribution < -0.4 is 5.43 Å². The van der Waals surface area contributed by atoms with Gasteiger partial charge in [0.25, 0.3) is 5.91 Å². The van der Waals surface area contributed by atoms with Crippen molar-refractivity contribution < 1.29 is 4.79 Å². The average molecular weight is 531 g/mol. The summed E-state index contributed by atoms with van der Waals surface area (Å²) >= 11 is 19.3. The largest absolute Gasteiger partial charge is 0.272 e. The Balaban J connectivity index is 1.51. The lowest BCUT2D eigenvalue weighted by atomic mass is 10.2. The molecule has 0 aliphatic carbocycles. The highest BCUT2D eigenvalue weighted by molar-refractivity contribution is 7.99. The number of nitrogens with one attached hydrogen (secondary N) is 1. The van der Waals surface area contributed by atoms with Crippen molar-refractivity contribution in [2.75, 3.05) is 5.75 Å². The van der Waals surface area contributed by atoms with Crippen LogP contribution in [-0.4, -0.2) is 32.6 Å². The maximum Gasteiger partial charge on any atom is 0.250 e. The zero-order valence-electron chi connectivity index (χ0n) is 17.9. The van der Waals surface area contributed by atoms with Gasteiger partial charge in [-0.1, -0.05) is 70.3 Å². The summed E-state index contributed by atoms with van der Waals surface area (Å²) in [6.45, 7) is 2.02. The zero-order chi connectivity index (χ0) is 24.1. The molecule has 0 saturated carbocycles. The smallest absolute Gasteiger partial charge is 0.250 e. The molecule has 0 aliphatic rings. The molecule has 0 fully saturated rings. The van der Waals surface area contributed by atoms with Gasteiger partial charge < -0.3 is 0 Å². The predicted molar refractivity (Wildman–Crippen MR) is 139 cm³/mol. The molecule has 0 bridgehead atoms. The average Bonchev–Trinajstić information content (AvgIpc) is 3.24. The molecule has 4 rings (SSSR count). The van der Waals surface area contributed by atoms with Crippen molar-refractivity contribution >= 4 is 58.7 Å². The SMILES string of the molecule is Cc1ccc(-n2c(SCC(=O)N/N=C/c3ccc(Cl)cc3Cl)nnc2-c2ccc(Cl)cc2)cc1. The van der Waals surface area contributed by atoms with E-state index >= 15 is 0 Å². The number of benzene rings is 3. The van der Waals surface area contributed by atoms with E-state index in [1.165, 1.54) is 18.0 Å². The second kappa shape index (κ2) is 11.1. The number of rotatable bonds is 7. The summed E-state index contributed by atoms with van der Waals surface area (Å²) in [5, 5.41) is 14.9. The van der Waals surface area contributed by atoms with Crippen molar-refractivity contribution in [3.05, 3.63) is 92.9 Å². The van der Waals surface area contributed by atoms with Gasteiger partial charge in [0.2, 0.25) is 0 Å². The Labute approximate surface area is 215 Å². The monoisotopic (exact) mass is 529 g/mol. The van der Waals surface area contributed by atoms with Gasteiger partial charge in [-0.25, -0.2) is 5.43 Å². The Morgan fingerprint density at radius 3 is 2.41 bits per heavy atom. The molecular formula is C24H18Cl3N5OS. The first-order chi connectivity index (χ1) is 16.4. The van der Waals surface area contributed by atoms with Crippen molar-refractivity contribution in [3.63, 3.8) is 0 Å². The van der Waals surface area contributed by atoms with Crippen LogP contribution in [0.15, 0.2) is 77.0 Å². The first-order valence-corrected chi connectivity index (χ1v) is 12.2. The molecule has 4 aromatic rings. The number of nitrogens with zero attached hydrogens (tertiary/aromatic N) is 4. The van der Waals surface area contributed by atoms with Gasteiger partial charge in [-0.05, 0) is 55.5 Å². The van der Waals surface area contributed by atoms with E-state index < -0.39 is 0 Å².